The lowest BCUT2D eigenvalue weighted by atomic mass is 9.85. The summed E-state index contributed by atoms with van der Waals surface area (Å²) in [6.07, 6.45) is 6.54. The predicted octanol–water partition coefficient (Wildman–Crippen LogP) is 2.52. The summed E-state index contributed by atoms with van der Waals surface area (Å²) < 4.78 is 0.406. The molecular formula is C10H21NS. The molecule has 0 aromatic rings. The molecule has 0 aromatic carbocycles. The largest absolute Gasteiger partial charge is 0.315 e. The zero-order chi connectivity index (χ0) is 9.03. The first kappa shape index (κ1) is 10.4. The normalized spacial score (nSPS) is 19.2. The van der Waals surface area contributed by atoms with Crippen LogP contribution in [0.15, 0.2) is 0 Å². The quantitative estimate of drug-likeness (QED) is 0.710. The lowest BCUT2D eigenvalue weighted by molar-refractivity contribution is 0.299. The van der Waals surface area contributed by atoms with E-state index in [0.717, 1.165) is 12.5 Å². The fourth-order valence-corrected chi connectivity index (χ4v) is 1.59. The molecular weight excluding hydrogens is 166 g/mol. The van der Waals surface area contributed by atoms with Crippen LogP contribution in [0, 0.1) is 5.92 Å². The second-order valence-corrected chi connectivity index (χ2v) is 5.91. The summed E-state index contributed by atoms with van der Waals surface area (Å²) in [5.41, 5.74) is 0. The van der Waals surface area contributed by atoms with Crippen molar-refractivity contribution >= 4 is 11.8 Å². The van der Waals surface area contributed by atoms with E-state index < -0.39 is 0 Å². The molecule has 0 heterocycles. The van der Waals surface area contributed by atoms with Gasteiger partial charge in [0.05, 0.1) is 0 Å². The fourth-order valence-electron chi connectivity index (χ4n) is 1.35. The lowest BCUT2D eigenvalue weighted by Gasteiger charge is -2.28. The highest BCUT2D eigenvalue weighted by Crippen LogP contribution is 2.26. The molecule has 12 heavy (non-hydrogen) atoms. The van der Waals surface area contributed by atoms with Crippen molar-refractivity contribution in [1.29, 1.82) is 0 Å². The van der Waals surface area contributed by atoms with Crippen molar-refractivity contribution in [3.63, 3.8) is 0 Å². The summed E-state index contributed by atoms with van der Waals surface area (Å²) in [6, 6.07) is 0. The summed E-state index contributed by atoms with van der Waals surface area (Å²) in [7, 11) is 0. The van der Waals surface area contributed by atoms with E-state index in [1.54, 1.807) is 0 Å². The zero-order valence-corrected chi connectivity index (χ0v) is 9.34. The Bertz CT molecular complexity index is 130. The van der Waals surface area contributed by atoms with Gasteiger partial charge in [-0.2, -0.15) is 11.8 Å². The van der Waals surface area contributed by atoms with Crippen molar-refractivity contribution in [2.45, 2.75) is 37.9 Å². The molecule has 1 fully saturated rings. The van der Waals surface area contributed by atoms with E-state index in [0.29, 0.717) is 4.75 Å². The number of hydrogen-bond donors (Lipinski definition) is 1. The highest BCUT2D eigenvalue weighted by Gasteiger charge is 2.19. The number of thioether (sulfide) groups is 1. The molecule has 0 bridgehead atoms. The van der Waals surface area contributed by atoms with Crippen molar-refractivity contribution in [3.05, 3.63) is 0 Å². The van der Waals surface area contributed by atoms with E-state index in [1.807, 2.05) is 11.8 Å². The van der Waals surface area contributed by atoms with Gasteiger partial charge in [0.1, 0.15) is 0 Å². The summed E-state index contributed by atoms with van der Waals surface area (Å²) in [6.45, 7) is 6.98. The van der Waals surface area contributed by atoms with Gasteiger partial charge in [-0.15, -0.1) is 0 Å². The van der Waals surface area contributed by atoms with E-state index >= 15 is 0 Å². The van der Waals surface area contributed by atoms with Gasteiger partial charge in [0.25, 0.3) is 0 Å². The SMILES string of the molecule is CSC(C)(C)CNCC1CCC1. The van der Waals surface area contributed by atoms with Crippen molar-refractivity contribution in [1.82, 2.24) is 5.32 Å². The average Bonchev–Trinajstić information content (AvgIpc) is 1.95. The van der Waals surface area contributed by atoms with E-state index in [1.165, 1.54) is 25.8 Å². The summed E-state index contributed by atoms with van der Waals surface area (Å²) >= 11 is 1.94. The molecule has 1 nitrogen and oxygen atoms in total. The van der Waals surface area contributed by atoms with Crippen LogP contribution in [0.25, 0.3) is 0 Å². The van der Waals surface area contributed by atoms with Gasteiger partial charge < -0.3 is 5.32 Å². The minimum absolute atomic E-state index is 0.406. The van der Waals surface area contributed by atoms with Gasteiger partial charge >= 0.3 is 0 Å². The maximum absolute atomic E-state index is 3.56. The molecule has 0 amide bonds. The Kier molecular flexibility index (Phi) is 3.91. The van der Waals surface area contributed by atoms with E-state index in [9.17, 15) is 0 Å². The molecule has 0 unspecified atom stereocenters. The third kappa shape index (κ3) is 3.36. The van der Waals surface area contributed by atoms with Gasteiger partial charge in [-0.25, -0.2) is 0 Å². The van der Waals surface area contributed by atoms with Crippen LogP contribution in [-0.2, 0) is 0 Å². The third-order valence-corrected chi connectivity index (χ3v) is 4.01. The van der Waals surface area contributed by atoms with Crippen LogP contribution >= 0.6 is 11.8 Å². The van der Waals surface area contributed by atoms with Crippen LogP contribution < -0.4 is 5.32 Å². The minimum Gasteiger partial charge on any atom is -0.315 e. The van der Waals surface area contributed by atoms with Crippen LogP contribution in [0.3, 0.4) is 0 Å². The van der Waals surface area contributed by atoms with Crippen LogP contribution in [-0.4, -0.2) is 24.1 Å². The lowest BCUT2D eigenvalue weighted by Crippen LogP contribution is -2.36. The van der Waals surface area contributed by atoms with Crippen molar-refractivity contribution < 1.29 is 0 Å². The molecule has 72 valence electrons. The van der Waals surface area contributed by atoms with Crippen molar-refractivity contribution in [2.75, 3.05) is 19.3 Å². The minimum atomic E-state index is 0.406. The Morgan fingerprint density at radius 1 is 1.42 bits per heavy atom. The smallest absolute Gasteiger partial charge is 0.0225 e. The standard InChI is InChI=1S/C10H21NS/c1-10(2,12-3)8-11-7-9-5-4-6-9/h9,11H,4-8H2,1-3H3. The van der Waals surface area contributed by atoms with Gasteiger partial charge in [0, 0.05) is 11.3 Å². The van der Waals surface area contributed by atoms with Gasteiger partial charge in [0.2, 0.25) is 0 Å². The molecule has 1 N–H and O–H groups in total. The molecule has 0 aliphatic heterocycles. The summed E-state index contributed by atoms with van der Waals surface area (Å²) in [5, 5.41) is 3.56. The second kappa shape index (κ2) is 4.52. The first-order valence-corrected chi connectivity index (χ1v) is 6.12. The van der Waals surface area contributed by atoms with Gasteiger partial charge in [-0.05, 0) is 45.4 Å². The summed E-state index contributed by atoms with van der Waals surface area (Å²) in [5.74, 6) is 0.989. The molecule has 1 saturated carbocycles. The molecule has 0 spiro atoms. The topological polar surface area (TPSA) is 12.0 Å². The molecule has 0 atom stereocenters. The zero-order valence-electron chi connectivity index (χ0n) is 8.52. The van der Waals surface area contributed by atoms with Gasteiger partial charge in [-0.1, -0.05) is 6.42 Å². The van der Waals surface area contributed by atoms with Crippen LogP contribution in [0.1, 0.15) is 33.1 Å². The molecule has 1 aliphatic rings. The Balaban J connectivity index is 2.00. The van der Waals surface area contributed by atoms with Gasteiger partial charge in [-0.3, -0.25) is 0 Å². The van der Waals surface area contributed by atoms with Crippen LogP contribution in [0.2, 0.25) is 0 Å². The number of nitrogens with one attached hydrogen (secondary N) is 1. The van der Waals surface area contributed by atoms with E-state index in [4.69, 9.17) is 0 Å². The Morgan fingerprint density at radius 2 is 2.08 bits per heavy atom. The first-order valence-electron chi connectivity index (χ1n) is 4.90. The second-order valence-electron chi connectivity index (χ2n) is 4.39. The highest BCUT2D eigenvalue weighted by molar-refractivity contribution is 7.99. The Morgan fingerprint density at radius 3 is 2.50 bits per heavy atom. The molecule has 0 radical (unpaired) electrons. The molecule has 0 aromatic heterocycles. The van der Waals surface area contributed by atoms with Crippen LogP contribution in [0.5, 0.6) is 0 Å². The van der Waals surface area contributed by atoms with E-state index in [-0.39, 0.29) is 0 Å². The molecule has 1 aliphatic carbocycles. The van der Waals surface area contributed by atoms with Crippen molar-refractivity contribution in [2.24, 2.45) is 5.92 Å². The molecule has 1 rings (SSSR count). The highest BCUT2D eigenvalue weighted by atomic mass is 32.2. The molecule has 0 saturated heterocycles. The molecule has 2 heteroatoms. The van der Waals surface area contributed by atoms with E-state index in [2.05, 4.69) is 25.4 Å². The fraction of sp³-hybridized carbons (Fsp3) is 1.00. The Hall–Kier alpha value is 0.310. The average molecular weight is 187 g/mol. The predicted molar refractivity (Wildman–Crippen MR) is 57.8 cm³/mol. The first-order chi connectivity index (χ1) is 5.64. The number of hydrogen-bond acceptors (Lipinski definition) is 2. The third-order valence-electron chi connectivity index (χ3n) is 2.76. The maximum Gasteiger partial charge on any atom is 0.0225 e. The summed E-state index contributed by atoms with van der Waals surface area (Å²) in [4.78, 5) is 0. The monoisotopic (exact) mass is 187 g/mol. The van der Waals surface area contributed by atoms with Crippen LogP contribution in [0.4, 0.5) is 0 Å². The van der Waals surface area contributed by atoms with Crippen molar-refractivity contribution in [3.8, 4) is 0 Å². The van der Waals surface area contributed by atoms with Gasteiger partial charge in [0.15, 0.2) is 0 Å². The maximum atomic E-state index is 3.56. The number of rotatable bonds is 5. The Labute approximate surface area is 80.7 Å².